The van der Waals surface area contributed by atoms with Gasteiger partial charge in [-0.3, -0.25) is 4.79 Å². The molecule has 104 valence electrons. The molecule has 2 amide bonds. The fourth-order valence-electron chi connectivity index (χ4n) is 2.32. The van der Waals surface area contributed by atoms with E-state index in [0.29, 0.717) is 18.9 Å². The van der Waals surface area contributed by atoms with Crippen molar-refractivity contribution >= 4 is 12.0 Å². The van der Waals surface area contributed by atoms with Crippen LogP contribution in [-0.4, -0.2) is 42.1 Å². The van der Waals surface area contributed by atoms with Crippen LogP contribution in [0.2, 0.25) is 0 Å². The highest BCUT2D eigenvalue weighted by molar-refractivity contribution is 5.74. The van der Waals surface area contributed by atoms with Crippen LogP contribution in [0, 0.1) is 11.8 Å². The van der Waals surface area contributed by atoms with E-state index in [4.69, 9.17) is 5.11 Å². The average molecular weight is 256 g/mol. The van der Waals surface area contributed by atoms with Crippen LogP contribution in [0.3, 0.4) is 0 Å². The minimum atomic E-state index is -0.816. The maximum Gasteiger partial charge on any atom is 0.317 e. The van der Waals surface area contributed by atoms with E-state index in [9.17, 15) is 9.59 Å². The summed E-state index contributed by atoms with van der Waals surface area (Å²) in [5.41, 5.74) is 0. The predicted octanol–water partition coefficient (Wildman–Crippen LogP) is 1.93. The number of carbonyl (C=O) groups excluding carboxylic acids is 1. The number of nitrogens with zero attached hydrogens (tertiary/aromatic N) is 1. The first-order valence-corrected chi connectivity index (χ1v) is 6.72. The van der Waals surface area contributed by atoms with E-state index < -0.39 is 11.9 Å². The lowest BCUT2D eigenvalue weighted by atomic mass is 10.1. The molecule has 0 aromatic rings. The Balaban J connectivity index is 2.16. The molecule has 1 rings (SSSR count). The zero-order chi connectivity index (χ0) is 13.5. The number of urea groups is 1. The number of amides is 2. The molecule has 0 bridgehead atoms. The highest BCUT2D eigenvalue weighted by Crippen LogP contribution is 2.25. The first kappa shape index (κ1) is 14.8. The van der Waals surface area contributed by atoms with Gasteiger partial charge in [0.05, 0.1) is 5.92 Å². The molecule has 1 atom stereocenters. The number of nitrogens with one attached hydrogen (secondary N) is 1. The Labute approximate surface area is 109 Å². The lowest BCUT2D eigenvalue weighted by Crippen LogP contribution is -2.40. The zero-order valence-electron chi connectivity index (χ0n) is 11.3. The lowest BCUT2D eigenvalue weighted by Gasteiger charge is -2.21. The molecule has 0 spiro atoms. The van der Waals surface area contributed by atoms with Gasteiger partial charge in [-0.1, -0.05) is 19.8 Å². The van der Waals surface area contributed by atoms with E-state index in [-0.39, 0.29) is 6.03 Å². The van der Waals surface area contributed by atoms with Gasteiger partial charge in [-0.05, 0) is 25.2 Å². The molecule has 0 aliphatic heterocycles. The molecule has 18 heavy (non-hydrogen) atoms. The topological polar surface area (TPSA) is 69.6 Å². The van der Waals surface area contributed by atoms with E-state index in [1.807, 2.05) is 0 Å². The summed E-state index contributed by atoms with van der Waals surface area (Å²) in [5, 5.41) is 11.5. The molecular formula is C13H24N2O3. The van der Waals surface area contributed by atoms with Gasteiger partial charge in [0.15, 0.2) is 0 Å². The SMILES string of the molecule is CC(CCNC(=O)N(C)CC1CCCC1)C(=O)O. The highest BCUT2D eigenvalue weighted by Gasteiger charge is 2.19. The van der Waals surface area contributed by atoms with Gasteiger partial charge in [-0.25, -0.2) is 4.79 Å². The van der Waals surface area contributed by atoms with Gasteiger partial charge in [-0.15, -0.1) is 0 Å². The molecule has 1 aliphatic rings. The van der Waals surface area contributed by atoms with Crippen molar-refractivity contribution in [3.8, 4) is 0 Å². The summed E-state index contributed by atoms with van der Waals surface area (Å²) in [6.07, 6.45) is 5.45. The van der Waals surface area contributed by atoms with Crippen LogP contribution >= 0.6 is 0 Å². The van der Waals surface area contributed by atoms with Crippen LogP contribution in [0.4, 0.5) is 4.79 Å². The van der Waals surface area contributed by atoms with Crippen molar-refractivity contribution in [2.24, 2.45) is 11.8 Å². The summed E-state index contributed by atoms with van der Waals surface area (Å²) in [5.74, 6) is -0.590. The maximum absolute atomic E-state index is 11.7. The Morgan fingerprint density at radius 2 is 2.00 bits per heavy atom. The van der Waals surface area contributed by atoms with E-state index in [1.54, 1.807) is 18.9 Å². The number of rotatable bonds is 6. The molecule has 2 N–H and O–H groups in total. The fourth-order valence-corrected chi connectivity index (χ4v) is 2.32. The lowest BCUT2D eigenvalue weighted by molar-refractivity contribution is -0.141. The molecule has 0 saturated heterocycles. The van der Waals surface area contributed by atoms with Crippen molar-refractivity contribution in [3.63, 3.8) is 0 Å². The van der Waals surface area contributed by atoms with Gasteiger partial charge in [0.25, 0.3) is 0 Å². The number of hydrogen-bond acceptors (Lipinski definition) is 2. The van der Waals surface area contributed by atoms with Crippen LogP contribution in [-0.2, 0) is 4.79 Å². The van der Waals surface area contributed by atoms with Crippen LogP contribution in [0.15, 0.2) is 0 Å². The molecule has 0 heterocycles. The van der Waals surface area contributed by atoms with E-state index in [2.05, 4.69) is 5.32 Å². The van der Waals surface area contributed by atoms with Crippen molar-refractivity contribution in [1.82, 2.24) is 10.2 Å². The first-order valence-electron chi connectivity index (χ1n) is 6.72. The fraction of sp³-hybridized carbons (Fsp3) is 0.846. The minimum Gasteiger partial charge on any atom is -0.481 e. The van der Waals surface area contributed by atoms with Crippen molar-refractivity contribution in [2.75, 3.05) is 20.1 Å². The molecule has 0 aromatic heterocycles. The van der Waals surface area contributed by atoms with Crippen LogP contribution in [0.25, 0.3) is 0 Å². The molecule has 1 saturated carbocycles. The number of carboxylic acids is 1. The Bertz CT molecular complexity index is 288. The Morgan fingerprint density at radius 3 is 2.56 bits per heavy atom. The second-order valence-corrected chi connectivity index (χ2v) is 5.29. The second-order valence-electron chi connectivity index (χ2n) is 5.29. The van der Waals surface area contributed by atoms with Crippen LogP contribution in [0.1, 0.15) is 39.0 Å². The van der Waals surface area contributed by atoms with Crippen molar-refractivity contribution in [2.45, 2.75) is 39.0 Å². The smallest absolute Gasteiger partial charge is 0.317 e. The molecule has 0 radical (unpaired) electrons. The third kappa shape index (κ3) is 4.94. The summed E-state index contributed by atoms with van der Waals surface area (Å²) in [6.45, 7) is 2.87. The Hall–Kier alpha value is -1.26. The van der Waals surface area contributed by atoms with Gasteiger partial charge < -0.3 is 15.3 Å². The molecule has 5 nitrogen and oxygen atoms in total. The minimum absolute atomic E-state index is 0.0977. The largest absolute Gasteiger partial charge is 0.481 e. The summed E-state index contributed by atoms with van der Waals surface area (Å²) in [6, 6.07) is -0.0977. The first-order chi connectivity index (χ1) is 8.50. The standard InChI is InChI=1S/C13H24N2O3/c1-10(12(16)17)7-8-14-13(18)15(2)9-11-5-3-4-6-11/h10-11H,3-9H2,1-2H3,(H,14,18)(H,16,17). The van der Waals surface area contributed by atoms with Gasteiger partial charge in [-0.2, -0.15) is 0 Å². The number of aliphatic carboxylic acids is 1. The van der Waals surface area contributed by atoms with E-state index >= 15 is 0 Å². The number of carbonyl (C=O) groups is 2. The quantitative estimate of drug-likeness (QED) is 0.763. The van der Waals surface area contributed by atoms with E-state index in [0.717, 1.165) is 6.54 Å². The zero-order valence-corrected chi connectivity index (χ0v) is 11.3. The van der Waals surface area contributed by atoms with Gasteiger partial charge >= 0.3 is 12.0 Å². The molecule has 1 fully saturated rings. The van der Waals surface area contributed by atoms with Crippen molar-refractivity contribution in [1.29, 1.82) is 0 Å². The second kappa shape index (κ2) is 7.24. The Morgan fingerprint density at radius 1 is 1.39 bits per heavy atom. The molecule has 5 heteroatoms. The summed E-state index contributed by atoms with van der Waals surface area (Å²) in [4.78, 5) is 24.1. The van der Waals surface area contributed by atoms with Crippen molar-refractivity contribution < 1.29 is 14.7 Å². The van der Waals surface area contributed by atoms with E-state index in [1.165, 1.54) is 25.7 Å². The molecular weight excluding hydrogens is 232 g/mol. The molecule has 0 aromatic carbocycles. The van der Waals surface area contributed by atoms with Gasteiger partial charge in [0.1, 0.15) is 0 Å². The summed E-state index contributed by atoms with van der Waals surface area (Å²) < 4.78 is 0. The normalized spacial score (nSPS) is 17.4. The van der Waals surface area contributed by atoms with Crippen LogP contribution in [0.5, 0.6) is 0 Å². The maximum atomic E-state index is 11.7. The third-order valence-electron chi connectivity index (χ3n) is 3.63. The number of hydrogen-bond donors (Lipinski definition) is 2. The highest BCUT2D eigenvalue weighted by atomic mass is 16.4. The monoisotopic (exact) mass is 256 g/mol. The summed E-state index contributed by atoms with van der Waals surface area (Å²) in [7, 11) is 1.80. The molecule has 1 unspecified atom stereocenters. The van der Waals surface area contributed by atoms with Crippen LogP contribution < -0.4 is 5.32 Å². The van der Waals surface area contributed by atoms with Gasteiger partial charge in [0, 0.05) is 20.1 Å². The Kier molecular flexibility index (Phi) is 5.95. The molecule has 1 aliphatic carbocycles. The predicted molar refractivity (Wildman–Crippen MR) is 69.4 cm³/mol. The number of carboxylic acid groups (broad SMARTS) is 1. The van der Waals surface area contributed by atoms with Crippen molar-refractivity contribution in [3.05, 3.63) is 0 Å². The third-order valence-corrected chi connectivity index (χ3v) is 3.63. The van der Waals surface area contributed by atoms with Gasteiger partial charge in [0.2, 0.25) is 0 Å². The average Bonchev–Trinajstić information content (AvgIpc) is 2.81. The summed E-state index contributed by atoms with van der Waals surface area (Å²) >= 11 is 0.